The molecule has 0 radical (unpaired) electrons. The van der Waals surface area contributed by atoms with Gasteiger partial charge in [-0.15, -0.1) is 0 Å². The molecular weight excluding hydrogens is 460 g/mol. The van der Waals surface area contributed by atoms with E-state index in [0.717, 1.165) is 16.0 Å². The Kier molecular flexibility index (Phi) is 5.10. The normalized spacial score (nSPS) is 23.9. The number of hydrogen-bond acceptors (Lipinski definition) is 7. The van der Waals surface area contributed by atoms with Gasteiger partial charge in [-0.05, 0) is 60.5 Å². The average Bonchev–Trinajstić information content (AvgIpc) is 3.60. The molecule has 2 saturated heterocycles. The first-order valence-electron chi connectivity index (χ1n) is 11.8. The average molecular weight is 482 g/mol. The molecule has 0 aliphatic carbocycles. The molecule has 0 spiro atoms. The Balaban J connectivity index is 1.42. The summed E-state index contributed by atoms with van der Waals surface area (Å²) in [4.78, 5) is 56.3. The Morgan fingerprint density at radius 3 is 2.42 bits per heavy atom. The van der Waals surface area contributed by atoms with Gasteiger partial charge in [0.1, 0.15) is 6.04 Å². The van der Waals surface area contributed by atoms with Gasteiger partial charge < -0.3 is 14.1 Å². The fourth-order valence-corrected chi connectivity index (χ4v) is 5.64. The maximum Gasteiger partial charge on any atom is 0.338 e. The molecule has 6 rings (SSSR count). The number of carbonyl (C=O) groups is 4. The van der Waals surface area contributed by atoms with Crippen LogP contribution in [0.25, 0.3) is 6.08 Å². The van der Waals surface area contributed by atoms with Gasteiger partial charge in [-0.3, -0.25) is 14.4 Å². The van der Waals surface area contributed by atoms with Crippen LogP contribution < -0.4 is 4.90 Å². The number of amides is 2. The lowest BCUT2D eigenvalue weighted by molar-refractivity contribution is -0.123. The third-order valence-corrected chi connectivity index (χ3v) is 7.13. The summed E-state index contributed by atoms with van der Waals surface area (Å²) in [5, 5.41) is 0. The van der Waals surface area contributed by atoms with E-state index in [0.29, 0.717) is 11.3 Å². The first-order valence-corrected chi connectivity index (χ1v) is 11.8. The summed E-state index contributed by atoms with van der Waals surface area (Å²) in [5.74, 6) is -3.14. The molecule has 3 aromatic rings. The summed E-state index contributed by atoms with van der Waals surface area (Å²) in [5.41, 5.74) is 2.51. The van der Waals surface area contributed by atoms with Crippen molar-refractivity contribution in [2.75, 3.05) is 11.5 Å². The number of ketones is 1. The van der Waals surface area contributed by atoms with Crippen molar-refractivity contribution in [3.63, 3.8) is 0 Å². The maximum atomic E-state index is 13.9. The molecular formula is C28H22N2O6. The number of anilines is 1. The number of furan rings is 1. The minimum Gasteiger partial charge on any atom is -0.462 e. The van der Waals surface area contributed by atoms with E-state index >= 15 is 0 Å². The van der Waals surface area contributed by atoms with Gasteiger partial charge in [-0.2, -0.15) is 0 Å². The SMILES string of the molecule is CCOC(=O)c1ccc(N2C(=O)C3C(C2=O)C2c4ccccc4C=CN2C3C(=O)c2ccco2)cc1. The molecule has 0 bridgehead atoms. The van der Waals surface area contributed by atoms with E-state index in [1.54, 1.807) is 37.4 Å². The van der Waals surface area contributed by atoms with Gasteiger partial charge >= 0.3 is 5.97 Å². The van der Waals surface area contributed by atoms with Crippen molar-refractivity contribution >= 4 is 35.3 Å². The summed E-state index contributed by atoms with van der Waals surface area (Å²) < 4.78 is 10.4. The number of rotatable bonds is 5. The molecule has 8 heteroatoms. The smallest absolute Gasteiger partial charge is 0.338 e. The molecule has 3 aliphatic rings. The van der Waals surface area contributed by atoms with Crippen molar-refractivity contribution in [3.8, 4) is 0 Å². The number of esters is 1. The number of ether oxygens (including phenoxy) is 1. The Morgan fingerprint density at radius 2 is 1.69 bits per heavy atom. The molecule has 4 unspecified atom stereocenters. The second kappa shape index (κ2) is 8.34. The molecule has 2 fully saturated rings. The Hall–Kier alpha value is -4.46. The maximum absolute atomic E-state index is 13.9. The number of hydrogen-bond donors (Lipinski definition) is 0. The van der Waals surface area contributed by atoms with Crippen molar-refractivity contribution in [3.05, 3.63) is 95.6 Å². The highest BCUT2D eigenvalue weighted by Crippen LogP contribution is 2.53. The fourth-order valence-electron chi connectivity index (χ4n) is 5.64. The van der Waals surface area contributed by atoms with Crippen molar-refractivity contribution in [1.82, 2.24) is 4.90 Å². The fraction of sp³-hybridized carbons (Fsp3) is 0.214. The van der Waals surface area contributed by atoms with Crippen molar-refractivity contribution in [2.45, 2.75) is 19.0 Å². The van der Waals surface area contributed by atoms with Crippen molar-refractivity contribution in [1.29, 1.82) is 0 Å². The Bertz CT molecular complexity index is 1410. The first kappa shape index (κ1) is 22.0. The molecule has 0 N–H and O–H groups in total. The number of Topliss-reactive ketones (excluding diaryl/α,β-unsaturated/α-hetero) is 1. The number of imide groups is 1. The number of fused-ring (bicyclic) bond motifs is 5. The van der Waals surface area contributed by atoms with Crippen LogP contribution in [0.4, 0.5) is 5.69 Å². The minimum absolute atomic E-state index is 0.143. The van der Waals surface area contributed by atoms with Crippen LogP contribution in [-0.4, -0.2) is 41.1 Å². The van der Waals surface area contributed by atoms with Gasteiger partial charge in [-0.25, -0.2) is 9.69 Å². The van der Waals surface area contributed by atoms with Crippen molar-refractivity contribution < 1.29 is 28.3 Å². The predicted molar refractivity (Wildman–Crippen MR) is 129 cm³/mol. The molecule has 1 aromatic heterocycles. The van der Waals surface area contributed by atoms with E-state index in [4.69, 9.17) is 9.15 Å². The van der Waals surface area contributed by atoms with Gasteiger partial charge in [0, 0.05) is 6.20 Å². The van der Waals surface area contributed by atoms with Gasteiger partial charge in [-0.1, -0.05) is 24.3 Å². The van der Waals surface area contributed by atoms with E-state index in [1.165, 1.54) is 18.4 Å². The zero-order valence-electron chi connectivity index (χ0n) is 19.4. The first-order chi connectivity index (χ1) is 17.5. The summed E-state index contributed by atoms with van der Waals surface area (Å²) >= 11 is 0. The quantitative estimate of drug-likeness (QED) is 0.310. The molecule has 2 amide bonds. The number of carbonyl (C=O) groups excluding carboxylic acids is 4. The summed E-state index contributed by atoms with van der Waals surface area (Å²) in [7, 11) is 0. The molecule has 8 nitrogen and oxygen atoms in total. The van der Waals surface area contributed by atoms with Crippen LogP contribution in [0.5, 0.6) is 0 Å². The highest BCUT2D eigenvalue weighted by molar-refractivity contribution is 6.24. The van der Waals surface area contributed by atoms with E-state index < -0.39 is 35.8 Å². The van der Waals surface area contributed by atoms with Gasteiger partial charge in [0.05, 0.1) is 42.0 Å². The molecule has 0 saturated carbocycles. The molecule has 180 valence electrons. The standard InChI is InChI=1S/C28H22N2O6/c1-2-35-28(34)17-9-11-18(12-10-17)30-26(32)21-22(27(30)33)24(25(31)20-8-5-15-36-20)29-14-13-16-6-3-4-7-19(16)23(21)29/h3-15,21-24H,2H2,1H3. The van der Waals surface area contributed by atoms with E-state index in [9.17, 15) is 19.2 Å². The van der Waals surface area contributed by atoms with Crippen LogP contribution >= 0.6 is 0 Å². The third-order valence-electron chi connectivity index (χ3n) is 7.13. The summed E-state index contributed by atoms with van der Waals surface area (Å²) in [6.07, 6.45) is 5.11. The largest absolute Gasteiger partial charge is 0.462 e. The number of nitrogens with zero attached hydrogens (tertiary/aromatic N) is 2. The predicted octanol–water partition coefficient (Wildman–Crippen LogP) is 3.85. The van der Waals surface area contributed by atoms with Crippen LogP contribution in [0.1, 0.15) is 45.0 Å². The monoisotopic (exact) mass is 482 g/mol. The van der Waals surface area contributed by atoms with Crippen LogP contribution in [0.3, 0.4) is 0 Å². The molecule has 4 heterocycles. The van der Waals surface area contributed by atoms with E-state index in [-0.39, 0.29) is 24.1 Å². The van der Waals surface area contributed by atoms with Crippen LogP contribution in [-0.2, 0) is 14.3 Å². The third kappa shape index (κ3) is 3.14. The zero-order valence-corrected chi connectivity index (χ0v) is 19.4. The number of benzene rings is 2. The van der Waals surface area contributed by atoms with Crippen LogP contribution in [0, 0.1) is 11.8 Å². The lowest BCUT2D eigenvalue weighted by Gasteiger charge is -2.35. The highest BCUT2D eigenvalue weighted by atomic mass is 16.5. The second-order valence-electron chi connectivity index (χ2n) is 8.95. The molecule has 2 aromatic carbocycles. The van der Waals surface area contributed by atoms with E-state index in [2.05, 4.69) is 0 Å². The Labute approximate surface area is 206 Å². The van der Waals surface area contributed by atoms with Crippen LogP contribution in [0.15, 0.2) is 77.5 Å². The van der Waals surface area contributed by atoms with Gasteiger partial charge in [0.25, 0.3) is 0 Å². The second-order valence-corrected chi connectivity index (χ2v) is 8.95. The zero-order chi connectivity index (χ0) is 25.0. The summed E-state index contributed by atoms with van der Waals surface area (Å²) in [6.45, 7) is 1.96. The molecule has 3 aliphatic heterocycles. The Morgan fingerprint density at radius 1 is 0.944 bits per heavy atom. The topological polar surface area (TPSA) is 97.1 Å². The van der Waals surface area contributed by atoms with Crippen LogP contribution in [0.2, 0.25) is 0 Å². The van der Waals surface area contributed by atoms with E-state index in [1.807, 2.05) is 35.2 Å². The minimum atomic E-state index is -0.893. The van der Waals surface area contributed by atoms with Crippen molar-refractivity contribution in [2.24, 2.45) is 11.8 Å². The molecule has 4 atom stereocenters. The lowest BCUT2D eigenvalue weighted by Crippen LogP contribution is -2.44. The lowest BCUT2D eigenvalue weighted by atomic mass is 9.84. The van der Waals surface area contributed by atoms with Gasteiger partial charge in [0.2, 0.25) is 17.6 Å². The molecule has 36 heavy (non-hydrogen) atoms. The summed E-state index contributed by atoms with van der Waals surface area (Å²) in [6, 6.07) is 15.7. The van der Waals surface area contributed by atoms with Gasteiger partial charge in [0.15, 0.2) is 5.76 Å². The highest BCUT2D eigenvalue weighted by Gasteiger charge is 2.64.